The van der Waals surface area contributed by atoms with Gasteiger partial charge in [0.1, 0.15) is 0 Å². The van der Waals surface area contributed by atoms with Crippen LogP contribution in [-0.4, -0.2) is 22.2 Å². The maximum absolute atomic E-state index is 12.9. The van der Waals surface area contributed by atoms with Crippen LogP contribution in [-0.2, 0) is 0 Å². The molecular weight excluding hydrogens is 334 g/mol. The summed E-state index contributed by atoms with van der Waals surface area (Å²) in [5, 5.41) is 7.68. The van der Waals surface area contributed by atoms with Crippen LogP contribution < -0.4 is 5.32 Å². The zero-order valence-corrected chi connectivity index (χ0v) is 15.9. The Balaban J connectivity index is 1.55. The zero-order valence-electron chi connectivity index (χ0n) is 15.9. The highest BCUT2D eigenvalue weighted by atomic mass is 16.1. The van der Waals surface area contributed by atoms with Crippen LogP contribution in [0.3, 0.4) is 0 Å². The lowest BCUT2D eigenvalue weighted by atomic mass is 10.0. The van der Waals surface area contributed by atoms with E-state index in [0.29, 0.717) is 18.0 Å². The molecule has 27 heavy (non-hydrogen) atoms. The van der Waals surface area contributed by atoms with Crippen molar-refractivity contribution in [3.63, 3.8) is 0 Å². The summed E-state index contributed by atoms with van der Waals surface area (Å²) in [5.41, 5.74) is 5.20. The molecule has 0 bridgehead atoms. The Hall–Kier alpha value is -2.88. The van der Waals surface area contributed by atoms with E-state index < -0.39 is 0 Å². The van der Waals surface area contributed by atoms with Gasteiger partial charge in [-0.1, -0.05) is 55.5 Å². The second-order valence-corrected chi connectivity index (χ2v) is 7.44. The van der Waals surface area contributed by atoms with E-state index in [1.54, 1.807) is 6.20 Å². The van der Waals surface area contributed by atoms with Gasteiger partial charge in [0.05, 0.1) is 23.1 Å². The molecule has 4 heteroatoms. The first-order valence-corrected chi connectivity index (χ1v) is 9.62. The highest BCUT2D eigenvalue weighted by Gasteiger charge is 2.33. The average molecular weight is 359 g/mol. The smallest absolute Gasteiger partial charge is 0.254 e. The molecule has 1 heterocycles. The van der Waals surface area contributed by atoms with E-state index in [4.69, 9.17) is 0 Å². The van der Waals surface area contributed by atoms with E-state index in [1.165, 1.54) is 5.56 Å². The Morgan fingerprint density at radius 1 is 1.15 bits per heavy atom. The summed E-state index contributed by atoms with van der Waals surface area (Å²) in [4.78, 5) is 12.9. The monoisotopic (exact) mass is 359 g/mol. The fraction of sp³-hybridized carbons (Fsp3) is 0.304. The van der Waals surface area contributed by atoms with Gasteiger partial charge in [0.2, 0.25) is 0 Å². The first-order valence-electron chi connectivity index (χ1n) is 9.62. The number of benzene rings is 2. The van der Waals surface area contributed by atoms with Gasteiger partial charge in [-0.3, -0.25) is 4.79 Å². The van der Waals surface area contributed by atoms with Gasteiger partial charge in [0, 0.05) is 12.5 Å². The number of hydrogen-bond donors (Lipinski definition) is 1. The Kier molecular flexibility index (Phi) is 4.80. The molecule has 0 saturated heterocycles. The summed E-state index contributed by atoms with van der Waals surface area (Å²) in [7, 11) is 0. The van der Waals surface area contributed by atoms with Crippen molar-refractivity contribution in [1.82, 2.24) is 15.1 Å². The third kappa shape index (κ3) is 3.65. The van der Waals surface area contributed by atoms with E-state index in [-0.39, 0.29) is 11.8 Å². The lowest BCUT2D eigenvalue weighted by Crippen LogP contribution is -2.28. The van der Waals surface area contributed by atoms with Gasteiger partial charge in [-0.25, -0.2) is 4.68 Å². The quantitative estimate of drug-likeness (QED) is 0.700. The number of nitrogens with zero attached hydrogens (tertiary/aromatic N) is 2. The standard InChI is InChI=1S/C23H25N3O/c1-16-8-6-7-11-21(16)26-22(19-12-13-19)20(15-25-26)23(27)24-14-17(2)18-9-4-3-5-10-18/h3-11,15,17,19H,12-14H2,1-2H3,(H,24,27). The van der Waals surface area contributed by atoms with Gasteiger partial charge in [-0.2, -0.15) is 5.10 Å². The summed E-state index contributed by atoms with van der Waals surface area (Å²) in [5.74, 6) is 0.671. The molecule has 1 unspecified atom stereocenters. The summed E-state index contributed by atoms with van der Waals surface area (Å²) in [6, 6.07) is 18.5. The Bertz CT molecular complexity index is 941. The van der Waals surface area contributed by atoms with Gasteiger partial charge in [0.15, 0.2) is 0 Å². The molecule has 1 aliphatic rings. The molecule has 1 atom stereocenters. The largest absolute Gasteiger partial charge is 0.351 e. The van der Waals surface area contributed by atoms with Crippen LogP contribution in [0.25, 0.3) is 5.69 Å². The molecule has 2 aromatic carbocycles. The van der Waals surface area contributed by atoms with Crippen molar-refractivity contribution in [3.8, 4) is 5.69 Å². The van der Waals surface area contributed by atoms with Crippen molar-refractivity contribution in [3.05, 3.63) is 83.2 Å². The van der Waals surface area contributed by atoms with Crippen LogP contribution in [0.15, 0.2) is 60.8 Å². The van der Waals surface area contributed by atoms with Crippen molar-refractivity contribution >= 4 is 5.91 Å². The maximum Gasteiger partial charge on any atom is 0.254 e. The fourth-order valence-electron chi connectivity index (χ4n) is 3.52. The van der Waals surface area contributed by atoms with E-state index in [2.05, 4.69) is 48.5 Å². The number of amides is 1. The van der Waals surface area contributed by atoms with Crippen molar-refractivity contribution in [2.24, 2.45) is 0 Å². The van der Waals surface area contributed by atoms with Crippen LogP contribution in [0.2, 0.25) is 0 Å². The normalized spacial score (nSPS) is 14.7. The minimum Gasteiger partial charge on any atom is -0.351 e. The first kappa shape index (κ1) is 17.5. The molecule has 1 amide bonds. The summed E-state index contributed by atoms with van der Waals surface area (Å²) in [6.07, 6.45) is 3.97. The first-order chi connectivity index (χ1) is 13.1. The van der Waals surface area contributed by atoms with E-state index in [9.17, 15) is 4.79 Å². The van der Waals surface area contributed by atoms with Gasteiger partial charge >= 0.3 is 0 Å². The molecule has 1 N–H and O–H groups in total. The highest BCUT2D eigenvalue weighted by Crippen LogP contribution is 2.42. The number of rotatable bonds is 6. The summed E-state index contributed by atoms with van der Waals surface area (Å²) in [6.45, 7) is 4.83. The topological polar surface area (TPSA) is 46.9 Å². The van der Waals surface area contributed by atoms with Crippen LogP contribution in [0.4, 0.5) is 0 Å². The lowest BCUT2D eigenvalue weighted by molar-refractivity contribution is 0.0950. The summed E-state index contributed by atoms with van der Waals surface area (Å²) >= 11 is 0. The minimum absolute atomic E-state index is 0.0282. The second-order valence-electron chi connectivity index (χ2n) is 7.44. The van der Waals surface area contributed by atoms with E-state index >= 15 is 0 Å². The molecule has 0 spiro atoms. The van der Waals surface area contributed by atoms with E-state index in [0.717, 1.165) is 29.8 Å². The van der Waals surface area contributed by atoms with Crippen molar-refractivity contribution in [1.29, 1.82) is 0 Å². The number of carbonyl (C=O) groups excluding carboxylic acids is 1. The third-order valence-corrected chi connectivity index (χ3v) is 5.30. The van der Waals surface area contributed by atoms with Gasteiger partial charge < -0.3 is 5.32 Å². The zero-order chi connectivity index (χ0) is 18.8. The van der Waals surface area contributed by atoms with Crippen LogP contribution in [0.1, 0.15) is 58.8 Å². The van der Waals surface area contributed by atoms with Gasteiger partial charge in [-0.15, -0.1) is 0 Å². The van der Waals surface area contributed by atoms with Gasteiger partial charge in [0.25, 0.3) is 5.91 Å². The predicted molar refractivity (Wildman–Crippen MR) is 107 cm³/mol. The molecule has 138 valence electrons. The number of para-hydroxylation sites is 1. The van der Waals surface area contributed by atoms with E-state index in [1.807, 2.05) is 35.0 Å². The molecule has 3 aromatic rings. The number of carbonyl (C=O) groups is 1. The predicted octanol–water partition coefficient (Wildman–Crippen LogP) is 4.59. The number of hydrogen-bond acceptors (Lipinski definition) is 2. The van der Waals surface area contributed by atoms with Crippen LogP contribution in [0, 0.1) is 6.92 Å². The Morgan fingerprint density at radius 2 is 1.85 bits per heavy atom. The van der Waals surface area contributed by atoms with Crippen molar-refractivity contribution in [2.45, 2.75) is 38.5 Å². The molecule has 4 rings (SSSR count). The van der Waals surface area contributed by atoms with Crippen molar-refractivity contribution < 1.29 is 4.79 Å². The molecule has 1 saturated carbocycles. The lowest BCUT2D eigenvalue weighted by Gasteiger charge is -2.14. The molecule has 1 aromatic heterocycles. The molecule has 1 aliphatic carbocycles. The number of nitrogens with one attached hydrogen (secondary N) is 1. The molecular formula is C23H25N3O. The second kappa shape index (κ2) is 7.39. The van der Waals surface area contributed by atoms with Crippen LogP contribution in [0.5, 0.6) is 0 Å². The Morgan fingerprint density at radius 3 is 2.56 bits per heavy atom. The number of aryl methyl sites for hydroxylation is 1. The minimum atomic E-state index is -0.0282. The fourth-order valence-corrected chi connectivity index (χ4v) is 3.52. The third-order valence-electron chi connectivity index (χ3n) is 5.30. The SMILES string of the molecule is Cc1ccccc1-n1ncc(C(=O)NCC(C)c2ccccc2)c1C1CC1. The highest BCUT2D eigenvalue weighted by molar-refractivity contribution is 5.95. The molecule has 0 aliphatic heterocycles. The molecule has 0 radical (unpaired) electrons. The van der Waals surface area contributed by atoms with Crippen molar-refractivity contribution in [2.75, 3.05) is 6.54 Å². The van der Waals surface area contributed by atoms with Crippen LogP contribution >= 0.6 is 0 Å². The number of aromatic nitrogens is 2. The molecule has 1 fully saturated rings. The summed E-state index contributed by atoms with van der Waals surface area (Å²) < 4.78 is 1.96. The molecule has 4 nitrogen and oxygen atoms in total. The van der Waals surface area contributed by atoms with Gasteiger partial charge in [-0.05, 0) is 42.9 Å². The Labute approximate surface area is 160 Å². The average Bonchev–Trinajstić information content (AvgIpc) is 3.45. The maximum atomic E-state index is 12.9.